The van der Waals surface area contributed by atoms with E-state index >= 15 is 0 Å². The summed E-state index contributed by atoms with van der Waals surface area (Å²) >= 11 is 0. The van der Waals surface area contributed by atoms with Gasteiger partial charge in [0.25, 0.3) is 5.91 Å². The lowest BCUT2D eigenvalue weighted by Gasteiger charge is -2.14. The molecule has 1 aromatic heterocycles. The van der Waals surface area contributed by atoms with Crippen molar-refractivity contribution >= 4 is 11.6 Å². The van der Waals surface area contributed by atoms with E-state index in [1.165, 1.54) is 6.07 Å². The van der Waals surface area contributed by atoms with Gasteiger partial charge in [0.05, 0.1) is 17.9 Å². The average molecular weight is 384 g/mol. The van der Waals surface area contributed by atoms with Crippen LogP contribution in [0.5, 0.6) is 5.75 Å². The van der Waals surface area contributed by atoms with Crippen LogP contribution in [0.15, 0.2) is 41.3 Å². The van der Waals surface area contributed by atoms with Crippen LogP contribution in [0.2, 0.25) is 0 Å². The summed E-state index contributed by atoms with van der Waals surface area (Å²) in [7, 11) is 1.56. The Morgan fingerprint density at radius 3 is 2.44 bits per heavy atom. The molecule has 1 aromatic carbocycles. The maximum Gasteiger partial charge on any atom is 0.416 e. The molecule has 146 valence electrons. The molecule has 0 fully saturated rings. The summed E-state index contributed by atoms with van der Waals surface area (Å²) < 4.78 is 49.7. The first kappa shape index (κ1) is 20.5. The number of hydrogen-bond donors (Lipinski definition) is 1. The summed E-state index contributed by atoms with van der Waals surface area (Å²) in [6, 6.07) is 5.35. The standard InChI is InChI=1S/C18H19F3N2O4/c1-12-17(15(24)7-8-23(12)9-10-26-2)27-11-16(25)22-14-5-3-13(4-6-14)18(19,20)21/h3-8H,9-11H2,1-2H3,(H,22,25). The Hall–Kier alpha value is -2.81. The van der Waals surface area contributed by atoms with E-state index in [1.807, 2.05) is 0 Å². The first-order chi connectivity index (χ1) is 12.7. The summed E-state index contributed by atoms with van der Waals surface area (Å²) in [4.78, 5) is 23.9. The maximum atomic E-state index is 12.5. The lowest BCUT2D eigenvalue weighted by Crippen LogP contribution is -2.24. The van der Waals surface area contributed by atoms with Crippen molar-refractivity contribution in [1.29, 1.82) is 0 Å². The Morgan fingerprint density at radius 2 is 1.85 bits per heavy atom. The van der Waals surface area contributed by atoms with E-state index in [2.05, 4.69) is 5.32 Å². The third kappa shape index (κ3) is 5.58. The molecule has 0 unspecified atom stereocenters. The number of methoxy groups -OCH3 is 1. The Bertz CT molecular complexity index is 845. The van der Waals surface area contributed by atoms with Crippen molar-refractivity contribution in [3.05, 3.63) is 58.0 Å². The topological polar surface area (TPSA) is 69.6 Å². The molecule has 0 aliphatic heterocycles. The lowest BCUT2D eigenvalue weighted by atomic mass is 10.2. The molecule has 0 spiro atoms. The van der Waals surface area contributed by atoms with Crippen molar-refractivity contribution in [3.8, 4) is 5.75 Å². The van der Waals surface area contributed by atoms with Crippen molar-refractivity contribution < 1.29 is 27.4 Å². The molecule has 1 N–H and O–H groups in total. The second kappa shape index (κ2) is 8.72. The van der Waals surface area contributed by atoms with Crippen LogP contribution in [0.3, 0.4) is 0 Å². The number of carbonyl (C=O) groups is 1. The van der Waals surface area contributed by atoms with Crippen molar-refractivity contribution in [2.24, 2.45) is 0 Å². The zero-order valence-corrected chi connectivity index (χ0v) is 14.8. The van der Waals surface area contributed by atoms with Gasteiger partial charge in [-0.3, -0.25) is 9.59 Å². The summed E-state index contributed by atoms with van der Waals surface area (Å²) in [5, 5.41) is 2.42. The van der Waals surface area contributed by atoms with Crippen LogP contribution in [-0.2, 0) is 22.3 Å². The molecular weight excluding hydrogens is 365 g/mol. The minimum Gasteiger partial charge on any atom is -0.478 e. The largest absolute Gasteiger partial charge is 0.478 e. The molecule has 0 aliphatic carbocycles. The number of nitrogens with zero attached hydrogens (tertiary/aromatic N) is 1. The summed E-state index contributed by atoms with van der Waals surface area (Å²) in [6.07, 6.45) is -2.84. The highest BCUT2D eigenvalue weighted by Gasteiger charge is 2.30. The number of ether oxygens (including phenoxy) is 2. The van der Waals surface area contributed by atoms with Gasteiger partial charge in [-0.2, -0.15) is 13.2 Å². The molecule has 0 saturated heterocycles. The molecule has 2 rings (SSSR count). The van der Waals surface area contributed by atoms with Crippen LogP contribution in [0.4, 0.5) is 18.9 Å². The Kier molecular flexibility index (Phi) is 6.62. The smallest absolute Gasteiger partial charge is 0.416 e. The molecule has 1 heterocycles. The first-order valence-corrected chi connectivity index (χ1v) is 8.01. The number of amides is 1. The number of pyridine rings is 1. The molecule has 0 aliphatic rings. The molecule has 0 saturated carbocycles. The minimum atomic E-state index is -4.45. The number of rotatable bonds is 7. The van der Waals surface area contributed by atoms with Gasteiger partial charge in [0.1, 0.15) is 0 Å². The number of aromatic nitrogens is 1. The van der Waals surface area contributed by atoms with E-state index in [4.69, 9.17) is 9.47 Å². The van der Waals surface area contributed by atoms with Gasteiger partial charge in [0, 0.05) is 31.6 Å². The van der Waals surface area contributed by atoms with Crippen molar-refractivity contribution in [2.75, 3.05) is 25.6 Å². The van der Waals surface area contributed by atoms with Crippen LogP contribution in [0.1, 0.15) is 11.3 Å². The molecule has 1 amide bonds. The van der Waals surface area contributed by atoms with E-state index in [1.54, 1.807) is 24.8 Å². The van der Waals surface area contributed by atoms with E-state index < -0.39 is 24.3 Å². The van der Waals surface area contributed by atoms with Crippen LogP contribution >= 0.6 is 0 Å². The van der Waals surface area contributed by atoms with Gasteiger partial charge in [0.2, 0.25) is 5.43 Å². The summed E-state index contributed by atoms with van der Waals surface area (Å²) in [6.45, 7) is 2.18. The molecule has 0 bridgehead atoms. The number of alkyl halides is 3. The fourth-order valence-corrected chi connectivity index (χ4v) is 2.34. The maximum absolute atomic E-state index is 12.5. The molecule has 2 aromatic rings. The van der Waals surface area contributed by atoms with Crippen molar-refractivity contribution in [3.63, 3.8) is 0 Å². The summed E-state index contributed by atoms with van der Waals surface area (Å²) in [5.41, 5.74) is -0.447. The van der Waals surface area contributed by atoms with Gasteiger partial charge < -0.3 is 19.4 Å². The van der Waals surface area contributed by atoms with Crippen LogP contribution < -0.4 is 15.5 Å². The number of anilines is 1. The second-order valence-electron chi connectivity index (χ2n) is 5.69. The number of halogens is 3. The third-order valence-electron chi connectivity index (χ3n) is 3.77. The zero-order valence-electron chi connectivity index (χ0n) is 14.8. The minimum absolute atomic E-state index is 0.0381. The third-order valence-corrected chi connectivity index (χ3v) is 3.77. The van der Waals surface area contributed by atoms with E-state index in [0.717, 1.165) is 24.3 Å². The zero-order chi connectivity index (χ0) is 20.0. The van der Waals surface area contributed by atoms with Crippen LogP contribution in [0, 0.1) is 6.92 Å². The van der Waals surface area contributed by atoms with Crippen molar-refractivity contribution in [1.82, 2.24) is 4.57 Å². The number of nitrogens with one attached hydrogen (secondary N) is 1. The predicted molar refractivity (Wildman–Crippen MR) is 92.9 cm³/mol. The highest BCUT2D eigenvalue weighted by atomic mass is 19.4. The fraction of sp³-hybridized carbons (Fsp3) is 0.333. The van der Waals surface area contributed by atoms with Gasteiger partial charge in [-0.15, -0.1) is 0 Å². The molecule has 27 heavy (non-hydrogen) atoms. The highest BCUT2D eigenvalue weighted by Crippen LogP contribution is 2.29. The van der Waals surface area contributed by atoms with Gasteiger partial charge in [0.15, 0.2) is 12.4 Å². The predicted octanol–water partition coefficient (Wildman–Crippen LogP) is 2.84. The molecule has 6 nitrogen and oxygen atoms in total. The second-order valence-corrected chi connectivity index (χ2v) is 5.69. The SMILES string of the molecule is COCCn1ccc(=O)c(OCC(=O)Nc2ccc(C(F)(F)F)cc2)c1C. The quantitative estimate of drug-likeness (QED) is 0.797. The molecule has 9 heteroatoms. The number of carbonyl (C=O) groups excluding carboxylic acids is 1. The monoisotopic (exact) mass is 384 g/mol. The Balaban J connectivity index is 2.00. The summed E-state index contributed by atoms with van der Waals surface area (Å²) in [5.74, 6) is -0.558. The van der Waals surface area contributed by atoms with Gasteiger partial charge >= 0.3 is 6.18 Å². The van der Waals surface area contributed by atoms with E-state index in [-0.39, 0.29) is 16.9 Å². The lowest BCUT2D eigenvalue weighted by molar-refractivity contribution is -0.137. The number of hydrogen-bond acceptors (Lipinski definition) is 4. The van der Waals surface area contributed by atoms with E-state index in [0.29, 0.717) is 18.8 Å². The number of benzene rings is 1. The van der Waals surface area contributed by atoms with Gasteiger partial charge in [-0.25, -0.2) is 0 Å². The molecule has 0 atom stereocenters. The fourth-order valence-electron chi connectivity index (χ4n) is 2.34. The van der Waals surface area contributed by atoms with E-state index in [9.17, 15) is 22.8 Å². The molecule has 0 radical (unpaired) electrons. The van der Waals surface area contributed by atoms with Gasteiger partial charge in [-0.05, 0) is 31.2 Å². The Labute approximate surface area is 153 Å². The normalized spacial score (nSPS) is 11.3. The highest BCUT2D eigenvalue weighted by molar-refractivity contribution is 5.91. The first-order valence-electron chi connectivity index (χ1n) is 8.01. The van der Waals surface area contributed by atoms with Gasteiger partial charge in [-0.1, -0.05) is 0 Å². The molecular formula is C18H19F3N2O4. The van der Waals surface area contributed by atoms with Crippen LogP contribution in [-0.4, -0.2) is 30.8 Å². The van der Waals surface area contributed by atoms with Crippen LogP contribution in [0.25, 0.3) is 0 Å². The average Bonchev–Trinajstić information content (AvgIpc) is 2.60. The Morgan fingerprint density at radius 1 is 1.19 bits per heavy atom. The van der Waals surface area contributed by atoms with Crippen molar-refractivity contribution in [2.45, 2.75) is 19.6 Å².